The van der Waals surface area contributed by atoms with Crippen LogP contribution in [0.2, 0.25) is 0 Å². The van der Waals surface area contributed by atoms with E-state index in [2.05, 4.69) is 0 Å². The Balaban J connectivity index is 0.00000162. The number of hydrogen-bond donors (Lipinski definition) is 2. The number of rotatable bonds is 3. The van der Waals surface area contributed by atoms with Crippen LogP contribution in [-0.2, 0) is 0 Å². The summed E-state index contributed by atoms with van der Waals surface area (Å²) in [5, 5.41) is 10.2. The average Bonchev–Trinajstić information content (AvgIpc) is 2.84. The van der Waals surface area contributed by atoms with Crippen LogP contribution < -0.4 is 5.73 Å². The third-order valence-electron chi connectivity index (χ3n) is 3.82. The molecule has 2 rings (SSSR count). The van der Waals surface area contributed by atoms with E-state index in [0.717, 1.165) is 18.4 Å². The highest BCUT2D eigenvalue weighted by Crippen LogP contribution is 2.32. The molecule has 0 amide bonds. The predicted octanol–water partition coefficient (Wildman–Crippen LogP) is 3.11. The van der Waals surface area contributed by atoms with Crippen molar-refractivity contribution in [2.45, 2.75) is 44.8 Å². The van der Waals surface area contributed by atoms with Gasteiger partial charge in [-0.2, -0.15) is 0 Å². The molecular formula is C14H21ClFNO. The van der Waals surface area contributed by atoms with Crippen LogP contribution in [-0.4, -0.2) is 11.2 Å². The molecular weight excluding hydrogens is 253 g/mol. The summed E-state index contributed by atoms with van der Waals surface area (Å²) < 4.78 is 13.2. The first-order valence-electron chi connectivity index (χ1n) is 6.29. The van der Waals surface area contributed by atoms with Crippen molar-refractivity contribution in [2.75, 3.05) is 0 Å². The first-order valence-corrected chi connectivity index (χ1v) is 6.29. The Morgan fingerprint density at radius 2 is 1.94 bits per heavy atom. The molecule has 1 fully saturated rings. The van der Waals surface area contributed by atoms with Crippen molar-refractivity contribution >= 4 is 12.4 Å². The second-order valence-corrected chi connectivity index (χ2v) is 5.07. The molecule has 4 heteroatoms. The molecule has 0 heterocycles. The topological polar surface area (TPSA) is 46.2 Å². The molecule has 1 aromatic rings. The molecule has 2 nitrogen and oxygen atoms in total. The number of aliphatic hydroxyl groups excluding tert-OH is 1. The van der Waals surface area contributed by atoms with E-state index in [4.69, 9.17) is 5.73 Å². The molecule has 1 aliphatic rings. The van der Waals surface area contributed by atoms with Crippen molar-refractivity contribution in [3.63, 3.8) is 0 Å². The molecule has 0 aliphatic heterocycles. The summed E-state index contributed by atoms with van der Waals surface area (Å²) in [7, 11) is 0. The second-order valence-electron chi connectivity index (χ2n) is 5.07. The zero-order chi connectivity index (χ0) is 12.4. The van der Waals surface area contributed by atoms with E-state index in [-0.39, 0.29) is 18.2 Å². The van der Waals surface area contributed by atoms with Crippen LogP contribution >= 0.6 is 12.4 Å². The molecule has 2 atom stereocenters. The van der Waals surface area contributed by atoms with Crippen LogP contribution in [0.15, 0.2) is 18.2 Å². The highest BCUT2D eigenvalue weighted by molar-refractivity contribution is 5.85. The monoisotopic (exact) mass is 273 g/mol. The van der Waals surface area contributed by atoms with Crippen LogP contribution in [0.5, 0.6) is 0 Å². The molecule has 0 unspecified atom stereocenters. The summed E-state index contributed by atoms with van der Waals surface area (Å²) in [6.07, 6.45) is 3.94. The number of aryl methyl sites for hydroxylation is 1. The molecule has 1 aromatic carbocycles. The molecule has 0 spiro atoms. The van der Waals surface area contributed by atoms with E-state index in [9.17, 15) is 9.50 Å². The molecule has 1 aliphatic carbocycles. The van der Waals surface area contributed by atoms with Gasteiger partial charge in [-0.15, -0.1) is 12.4 Å². The van der Waals surface area contributed by atoms with E-state index < -0.39 is 12.1 Å². The normalized spacial score (nSPS) is 19.3. The van der Waals surface area contributed by atoms with Crippen LogP contribution in [0.3, 0.4) is 0 Å². The zero-order valence-electron chi connectivity index (χ0n) is 10.6. The molecule has 0 aromatic heterocycles. The average molecular weight is 274 g/mol. The maximum atomic E-state index is 13.2. The van der Waals surface area contributed by atoms with E-state index >= 15 is 0 Å². The molecule has 0 bridgehead atoms. The lowest BCUT2D eigenvalue weighted by atomic mass is 9.90. The van der Waals surface area contributed by atoms with Crippen LogP contribution in [0.4, 0.5) is 4.39 Å². The van der Waals surface area contributed by atoms with Gasteiger partial charge in [0.2, 0.25) is 0 Å². The smallest absolute Gasteiger partial charge is 0.126 e. The van der Waals surface area contributed by atoms with Crippen molar-refractivity contribution in [1.29, 1.82) is 0 Å². The minimum atomic E-state index is -0.512. The summed E-state index contributed by atoms with van der Waals surface area (Å²) in [6, 6.07) is 4.42. The highest BCUT2D eigenvalue weighted by Gasteiger charge is 2.28. The number of halogens is 2. The summed E-state index contributed by atoms with van der Waals surface area (Å²) in [5.41, 5.74) is 7.47. The fourth-order valence-corrected chi connectivity index (χ4v) is 2.66. The van der Waals surface area contributed by atoms with Gasteiger partial charge >= 0.3 is 0 Å². The SMILES string of the molecule is Cc1cc([C@@H](N)[C@@H](O)C2CCCC2)ccc1F.Cl. The highest BCUT2D eigenvalue weighted by atomic mass is 35.5. The maximum absolute atomic E-state index is 13.2. The Hall–Kier alpha value is -0.640. The van der Waals surface area contributed by atoms with E-state index in [1.165, 1.54) is 18.9 Å². The van der Waals surface area contributed by atoms with Gasteiger partial charge in [0.25, 0.3) is 0 Å². The lowest BCUT2D eigenvalue weighted by Gasteiger charge is -2.24. The van der Waals surface area contributed by atoms with E-state index in [0.29, 0.717) is 11.5 Å². The van der Waals surface area contributed by atoms with Crippen LogP contribution in [0.25, 0.3) is 0 Å². The molecule has 1 saturated carbocycles. The van der Waals surface area contributed by atoms with Gasteiger partial charge in [-0.1, -0.05) is 25.0 Å². The quantitative estimate of drug-likeness (QED) is 0.889. The van der Waals surface area contributed by atoms with Gasteiger partial charge in [-0.05, 0) is 42.9 Å². The van der Waals surface area contributed by atoms with Gasteiger partial charge in [0.1, 0.15) is 5.82 Å². The first-order chi connectivity index (χ1) is 8.09. The standard InChI is InChI=1S/C14H20FNO.ClH/c1-9-8-11(6-7-12(9)15)13(16)14(17)10-4-2-3-5-10;/h6-8,10,13-14,17H,2-5,16H2,1H3;1H/t13-,14+;/m1./s1. The Morgan fingerprint density at radius 1 is 1.33 bits per heavy atom. The fourth-order valence-electron chi connectivity index (χ4n) is 2.66. The Morgan fingerprint density at radius 3 is 2.50 bits per heavy atom. The van der Waals surface area contributed by atoms with Crippen molar-refractivity contribution < 1.29 is 9.50 Å². The summed E-state index contributed by atoms with van der Waals surface area (Å²) in [4.78, 5) is 0. The van der Waals surface area contributed by atoms with Gasteiger partial charge in [0.15, 0.2) is 0 Å². The number of nitrogens with two attached hydrogens (primary N) is 1. The summed E-state index contributed by atoms with van der Waals surface area (Å²) >= 11 is 0. The van der Waals surface area contributed by atoms with Crippen molar-refractivity contribution in [3.8, 4) is 0 Å². The zero-order valence-corrected chi connectivity index (χ0v) is 11.4. The lowest BCUT2D eigenvalue weighted by Crippen LogP contribution is -2.32. The third-order valence-corrected chi connectivity index (χ3v) is 3.82. The van der Waals surface area contributed by atoms with Gasteiger partial charge in [-0.25, -0.2) is 4.39 Å². The van der Waals surface area contributed by atoms with Crippen molar-refractivity contribution in [1.82, 2.24) is 0 Å². The fraction of sp³-hybridized carbons (Fsp3) is 0.571. The van der Waals surface area contributed by atoms with Gasteiger partial charge < -0.3 is 10.8 Å². The third kappa shape index (κ3) is 3.22. The van der Waals surface area contributed by atoms with Crippen LogP contribution in [0.1, 0.15) is 42.9 Å². The Labute approximate surface area is 114 Å². The maximum Gasteiger partial charge on any atom is 0.126 e. The van der Waals surface area contributed by atoms with E-state index in [1.54, 1.807) is 19.1 Å². The lowest BCUT2D eigenvalue weighted by molar-refractivity contribution is 0.0844. The Kier molecular flexibility index (Phi) is 5.57. The van der Waals surface area contributed by atoms with E-state index in [1.807, 2.05) is 0 Å². The van der Waals surface area contributed by atoms with Crippen molar-refractivity contribution in [3.05, 3.63) is 35.1 Å². The molecule has 102 valence electrons. The minimum absolute atomic E-state index is 0. The predicted molar refractivity (Wildman–Crippen MR) is 73.3 cm³/mol. The molecule has 0 radical (unpaired) electrons. The van der Waals surface area contributed by atoms with Crippen LogP contribution in [0, 0.1) is 18.7 Å². The molecule has 0 saturated heterocycles. The Bertz CT molecular complexity index is 393. The molecule has 18 heavy (non-hydrogen) atoms. The minimum Gasteiger partial charge on any atom is -0.391 e. The summed E-state index contributed by atoms with van der Waals surface area (Å²) in [6.45, 7) is 1.72. The number of hydrogen-bond acceptors (Lipinski definition) is 2. The van der Waals surface area contributed by atoms with Gasteiger partial charge in [-0.3, -0.25) is 0 Å². The van der Waals surface area contributed by atoms with Gasteiger partial charge in [0, 0.05) is 0 Å². The molecule has 3 N–H and O–H groups in total. The summed E-state index contributed by atoms with van der Waals surface area (Å²) in [5.74, 6) is 0.0756. The number of aliphatic hydroxyl groups is 1. The second kappa shape index (κ2) is 6.50. The van der Waals surface area contributed by atoms with Crippen molar-refractivity contribution in [2.24, 2.45) is 11.7 Å². The largest absolute Gasteiger partial charge is 0.391 e. The first kappa shape index (κ1) is 15.4. The van der Waals surface area contributed by atoms with Gasteiger partial charge in [0.05, 0.1) is 12.1 Å². The number of benzene rings is 1.